The molecule has 6 heteroatoms. The van der Waals surface area contributed by atoms with Gasteiger partial charge in [0.05, 0.1) is 23.1 Å². The standard InChI is InChI=1S/C13H11N3O3/c1-14-6-2-3-9-4-5-11-10(7-9)13(17)12(8-15-11)16(18)19/h4-5,7-8,14H,6H2,1H3,(H,15,17). The Hall–Kier alpha value is -2.65. The fourth-order valence-electron chi connectivity index (χ4n) is 1.66. The number of fused-ring (bicyclic) bond motifs is 1. The number of hydrogen-bond acceptors (Lipinski definition) is 4. The molecule has 2 N–H and O–H groups in total. The van der Waals surface area contributed by atoms with Gasteiger partial charge >= 0.3 is 5.69 Å². The Labute approximate surface area is 108 Å². The molecule has 0 spiro atoms. The second-order valence-corrected chi connectivity index (χ2v) is 3.85. The SMILES string of the molecule is CNCC#Cc1ccc2[nH]cc([N+](=O)[O-])c(=O)c2c1. The molecule has 2 aromatic rings. The van der Waals surface area contributed by atoms with E-state index < -0.39 is 16.0 Å². The first-order valence-electron chi connectivity index (χ1n) is 5.57. The molecule has 1 aromatic carbocycles. The Kier molecular flexibility index (Phi) is 3.59. The van der Waals surface area contributed by atoms with Crippen LogP contribution in [-0.4, -0.2) is 23.5 Å². The number of aromatic nitrogens is 1. The molecule has 2 rings (SSSR count). The highest BCUT2D eigenvalue weighted by molar-refractivity contribution is 5.81. The minimum atomic E-state index is -0.697. The molecule has 0 aliphatic rings. The third kappa shape index (κ3) is 2.61. The van der Waals surface area contributed by atoms with Crippen molar-refractivity contribution in [1.29, 1.82) is 0 Å². The van der Waals surface area contributed by atoms with Crippen molar-refractivity contribution in [3.63, 3.8) is 0 Å². The maximum atomic E-state index is 11.9. The van der Waals surface area contributed by atoms with E-state index in [0.717, 1.165) is 6.20 Å². The lowest BCUT2D eigenvalue weighted by molar-refractivity contribution is -0.386. The second-order valence-electron chi connectivity index (χ2n) is 3.85. The summed E-state index contributed by atoms with van der Waals surface area (Å²) in [5.74, 6) is 5.74. The number of H-pyrrole nitrogens is 1. The molecule has 19 heavy (non-hydrogen) atoms. The lowest BCUT2D eigenvalue weighted by atomic mass is 10.1. The van der Waals surface area contributed by atoms with Gasteiger partial charge in [-0.2, -0.15) is 0 Å². The van der Waals surface area contributed by atoms with Gasteiger partial charge in [0, 0.05) is 11.1 Å². The molecule has 0 saturated carbocycles. The van der Waals surface area contributed by atoms with Crippen molar-refractivity contribution in [2.75, 3.05) is 13.6 Å². The van der Waals surface area contributed by atoms with E-state index in [4.69, 9.17) is 0 Å². The number of hydrogen-bond donors (Lipinski definition) is 2. The van der Waals surface area contributed by atoms with Crippen LogP contribution in [-0.2, 0) is 0 Å². The lowest BCUT2D eigenvalue weighted by Crippen LogP contribution is -2.09. The van der Waals surface area contributed by atoms with Crippen LogP contribution < -0.4 is 10.7 Å². The molecule has 0 aliphatic carbocycles. The zero-order valence-corrected chi connectivity index (χ0v) is 10.2. The average molecular weight is 257 g/mol. The molecule has 0 aliphatic heterocycles. The van der Waals surface area contributed by atoms with E-state index in [1.165, 1.54) is 0 Å². The Balaban J connectivity index is 2.58. The van der Waals surface area contributed by atoms with Gasteiger partial charge in [0.2, 0.25) is 0 Å². The van der Waals surface area contributed by atoms with Crippen molar-refractivity contribution in [3.05, 3.63) is 50.3 Å². The molecule has 0 atom stereocenters. The maximum Gasteiger partial charge on any atom is 0.332 e. The van der Waals surface area contributed by atoms with Crippen LogP contribution in [0, 0.1) is 22.0 Å². The van der Waals surface area contributed by atoms with Gasteiger partial charge in [-0.25, -0.2) is 0 Å². The highest BCUT2D eigenvalue weighted by Gasteiger charge is 2.14. The van der Waals surface area contributed by atoms with E-state index >= 15 is 0 Å². The van der Waals surface area contributed by atoms with E-state index in [9.17, 15) is 14.9 Å². The first-order valence-corrected chi connectivity index (χ1v) is 5.57. The quantitative estimate of drug-likeness (QED) is 0.477. The van der Waals surface area contributed by atoms with E-state index in [1.807, 2.05) is 0 Å². The van der Waals surface area contributed by atoms with Crippen LogP contribution in [0.2, 0.25) is 0 Å². The number of nitrogens with zero attached hydrogens (tertiary/aromatic N) is 1. The first kappa shape index (κ1) is 12.8. The first-order chi connectivity index (χ1) is 9.13. The monoisotopic (exact) mass is 257 g/mol. The van der Waals surface area contributed by atoms with E-state index in [-0.39, 0.29) is 5.39 Å². The molecule has 0 bridgehead atoms. The molecule has 0 fully saturated rings. The summed E-state index contributed by atoms with van der Waals surface area (Å²) in [4.78, 5) is 24.7. The molecule has 6 nitrogen and oxygen atoms in total. The van der Waals surface area contributed by atoms with E-state index in [1.54, 1.807) is 25.2 Å². The van der Waals surface area contributed by atoms with Gasteiger partial charge in [0.25, 0.3) is 5.43 Å². The second kappa shape index (κ2) is 5.33. The number of nitro groups is 1. The molecule has 1 aromatic heterocycles. The number of benzene rings is 1. The van der Waals surface area contributed by atoms with Crippen LogP contribution in [0.25, 0.3) is 10.9 Å². The van der Waals surface area contributed by atoms with Gasteiger partial charge in [0.1, 0.15) is 0 Å². The van der Waals surface area contributed by atoms with Crippen LogP contribution in [0.4, 0.5) is 5.69 Å². The van der Waals surface area contributed by atoms with Crippen molar-refractivity contribution in [2.45, 2.75) is 0 Å². The van der Waals surface area contributed by atoms with Crippen molar-refractivity contribution in [1.82, 2.24) is 10.3 Å². The molecule has 1 heterocycles. The number of rotatable bonds is 2. The molecule has 0 amide bonds. The lowest BCUT2D eigenvalue weighted by Gasteiger charge is -1.98. The molecular weight excluding hydrogens is 246 g/mol. The zero-order valence-electron chi connectivity index (χ0n) is 10.2. The topological polar surface area (TPSA) is 88.0 Å². The summed E-state index contributed by atoms with van der Waals surface area (Å²) < 4.78 is 0. The third-order valence-corrected chi connectivity index (χ3v) is 2.56. The molecule has 0 unspecified atom stereocenters. The summed E-state index contributed by atoms with van der Waals surface area (Å²) in [6, 6.07) is 5.00. The predicted molar refractivity (Wildman–Crippen MR) is 72.0 cm³/mol. The third-order valence-electron chi connectivity index (χ3n) is 2.56. The minimum absolute atomic E-state index is 0.269. The summed E-state index contributed by atoms with van der Waals surface area (Å²) in [5.41, 5.74) is 0.132. The van der Waals surface area contributed by atoms with Gasteiger partial charge in [-0.05, 0) is 25.2 Å². The van der Waals surface area contributed by atoms with Crippen molar-refractivity contribution in [2.24, 2.45) is 0 Å². The Morgan fingerprint density at radius 1 is 1.47 bits per heavy atom. The largest absolute Gasteiger partial charge is 0.355 e. The Bertz CT molecular complexity index is 753. The van der Waals surface area contributed by atoms with Gasteiger partial charge in [-0.15, -0.1) is 0 Å². The Morgan fingerprint density at radius 2 is 2.26 bits per heavy atom. The molecule has 0 saturated heterocycles. The van der Waals surface area contributed by atoms with Gasteiger partial charge in [-0.1, -0.05) is 11.8 Å². The van der Waals surface area contributed by atoms with Crippen LogP contribution in [0.15, 0.2) is 29.2 Å². The smallest absolute Gasteiger partial charge is 0.332 e. The van der Waals surface area contributed by atoms with Gasteiger partial charge in [-0.3, -0.25) is 14.9 Å². The van der Waals surface area contributed by atoms with Crippen molar-refractivity contribution < 1.29 is 4.92 Å². The normalized spacial score (nSPS) is 9.95. The number of pyridine rings is 1. The molecule has 0 radical (unpaired) electrons. The fraction of sp³-hybridized carbons (Fsp3) is 0.154. The minimum Gasteiger partial charge on any atom is -0.355 e. The van der Waals surface area contributed by atoms with E-state index in [2.05, 4.69) is 22.1 Å². The number of nitrogens with one attached hydrogen (secondary N) is 2. The maximum absolute atomic E-state index is 11.9. The van der Waals surface area contributed by atoms with Gasteiger partial charge in [0.15, 0.2) is 0 Å². The van der Waals surface area contributed by atoms with Crippen LogP contribution >= 0.6 is 0 Å². The van der Waals surface area contributed by atoms with Crippen LogP contribution in [0.1, 0.15) is 5.56 Å². The van der Waals surface area contributed by atoms with Crippen molar-refractivity contribution in [3.8, 4) is 11.8 Å². The average Bonchev–Trinajstić information content (AvgIpc) is 2.39. The summed E-state index contributed by atoms with van der Waals surface area (Å²) in [5, 5.41) is 13.9. The molecule has 96 valence electrons. The Morgan fingerprint density at radius 3 is 2.95 bits per heavy atom. The van der Waals surface area contributed by atoms with Gasteiger partial charge < -0.3 is 10.3 Å². The number of aromatic amines is 1. The molecular formula is C13H11N3O3. The van der Waals surface area contributed by atoms with Crippen LogP contribution in [0.3, 0.4) is 0 Å². The summed E-state index contributed by atoms with van der Waals surface area (Å²) in [6.07, 6.45) is 1.11. The highest BCUT2D eigenvalue weighted by Crippen LogP contribution is 2.13. The fourth-order valence-corrected chi connectivity index (χ4v) is 1.66. The van der Waals surface area contributed by atoms with Crippen molar-refractivity contribution >= 4 is 16.6 Å². The summed E-state index contributed by atoms with van der Waals surface area (Å²) >= 11 is 0. The van der Waals surface area contributed by atoms with Crippen LogP contribution in [0.5, 0.6) is 0 Å². The zero-order chi connectivity index (χ0) is 13.8. The predicted octanol–water partition coefficient (Wildman–Crippen LogP) is 1.01. The summed E-state index contributed by atoms with van der Waals surface area (Å²) in [7, 11) is 1.78. The summed E-state index contributed by atoms with van der Waals surface area (Å²) in [6.45, 7) is 0.531. The highest BCUT2D eigenvalue weighted by atomic mass is 16.6. The van der Waals surface area contributed by atoms with E-state index in [0.29, 0.717) is 17.6 Å².